The Morgan fingerprint density at radius 2 is 1.89 bits per heavy atom. The van der Waals surface area contributed by atoms with Crippen LogP contribution in [0.5, 0.6) is 0 Å². The number of carboxylic acids is 1. The van der Waals surface area contributed by atoms with Crippen molar-refractivity contribution in [2.75, 3.05) is 18.1 Å². The predicted octanol–water partition coefficient (Wildman–Crippen LogP) is 2.02. The Labute approximate surface area is 119 Å². The fourth-order valence-corrected chi connectivity index (χ4v) is 2.81. The minimum Gasteiger partial charge on any atom is -0.481 e. The van der Waals surface area contributed by atoms with Crippen LogP contribution in [-0.2, 0) is 4.79 Å². The Morgan fingerprint density at radius 3 is 2.37 bits per heavy atom. The Morgan fingerprint density at radius 1 is 1.32 bits per heavy atom. The summed E-state index contributed by atoms with van der Waals surface area (Å²) in [5.41, 5.74) is -1.85. The van der Waals surface area contributed by atoms with E-state index in [1.54, 1.807) is 32.6 Å². The predicted molar refractivity (Wildman–Crippen MR) is 77.5 cm³/mol. The van der Waals surface area contributed by atoms with Crippen LogP contribution in [0.15, 0.2) is 0 Å². The topological polar surface area (TPSA) is 69.6 Å². The van der Waals surface area contributed by atoms with Gasteiger partial charge in [-0.2, -0.15) is 11.8 Å². The van der Waals surface area contributed by atoms with Gasteiger partial charge in [-0.05, 0) is 34.6 Å². The number of rotatable bonds is 3. The monoisotopic (exact) mass is 288 g/mol. The summed E-state index contributed by atoms with van der Waals surface area (Å²) < 4.78 is 0. The van der Waals surface area contributed by atoms with E-state index in [4.69, 9.17) is 0 Å². The van der Waals surface area contributed by atoms with Crippen molar-refractivity contribution in [3.05, 3.63) is 0 Å². The summed E-state index contributed by atoms with van der Waals surface area (Å²) >= 11 is 1.84. The van der Waals surface area contributed by atoms with Gasteiger partial charge in [0, 0.05) is 24.1 Å². The van der Waals surface area contributed by atoms with Gasteiger partial charge in [-0.15, -0.1) is 0 Å². The largest absolute Gasteiger partial charge is 0.481 e. The van der Waals surface area contributed by atoms with Gasteiger partial charge in [-0.1, -0.05) is 0 Å². The molecular formula is C13H24N2O3S. The first-order valence-corrected chi connectivity index (χ1v) is 7.65. The highest BCUT2D eigenvalue weighted by atomic mass is 32.2. The molecule has 6 heteroatoms. The van der Waals surface area contributed by atoms with Gasteiger partial charge in [-0.25, -0.2) is 4.79 Å². The number of carbonyl (C=O) groups is 2. The molecule has 1 saturated heterocycles. The van der Waals surface area contributed by atoms with Crippen LogP contribution >= 0.6 is 11.8 Å². The summed E-state index contributed by atoms with van der Waals surface area (Å²) in [6.07, 6.45) is 0. The third kappa shape index (κ3) is 3.35. The van der Waals surface area contributed by atoms with Crippen molar-refractivity contribution in [3.63, 3.8) is 0 Å². The molecule has 19 heavy (non-hydrogen) atoms. The maximum absolute atomic E-state index is 12.3. The number of aliphatic carboxylic acids is 1. The molecule has 1 heterocycles. The average Bonchev–Trinajstić information content (AvgIpc) is 2.28. The number of thioether (sulfide) groups is 1. The molecule has 0 bridgehead atoms. The molecule has 110 valence electrons. The Kier molecular flexibility index (Phi) is 4.76. The summed E-state index contributed by atoms with van der Waals surface area (Å²) in [7, 11) is 0. The van der Waals surface area contributed by atoms with E-state index in [-0.39, 0.29) is 12.1 Å². The molecule has 1 rings (SSSR count). The van der Waals surface area contributed by atoms with Gasteiger partial charge < -0.3 is 15.3 Å². The number of amides is 2. The number of carbonyl (C=O) groups excluding carboxylic acids is 1. The van der Waals surface area contributed by atoms with Crippen LogP contribution in [0, 0.1) is 5.41 Å². The van der Waals surface area contributed by atoms with Crippen LogP contribution in [0.2, 0.25) is 0 Å². The average molecular weight is 288 g/mol. The van der Waals surface area contributed by atoms with Gasteiger partial charge >= 0.3 is 12.0 Å². The smallest absolute Gasteiger partial charge is 0.318 e. The van der Waals surface area contributed by atoms with E-state index < -0.39 is 16.9 Å². The zero-order chi connectivity index (χ0) is 14.8. The van der Waals surface area contributed by atoms with Crippen molar-refractivity contribution in [2.24, 2.45) is 5.41 Å². The number of carboxylic acid groups (broad SMARTS) is 1. The molecule has 1 fully saturated rings. The Hall–Kier alpha value is -0.910. The van der Waals surface area contributed by atoms with Gasteiger partial charge in [-0.3, -0.25) is 4.79 Å². The summed E-state index contributed by atoms with van der Waals surface area (Å²) in [5.74, 6) is 0.941. The molecule has 1 aliphatic heterocycles. The number of hydrogen-bond donors (Lipinski definition) is 2. The normalized spacial score (nSPS) is 21.1. The second-order valence-corrected chi connectivity index (χ2v) is 7.25. The molecule has 0 radical (unpaired) electrons. The standard InChI is InChI=1S/C13H24N2O3S/c1-9-8-19-7-6-15(9)11(18)14-13(4,5)12(2,3)10(16)17/h9H,6-8H2,1-5H3,(H,14,18)(H,16,17). The van der Waals surface area contributed by atoms with Gasteiger partial charge in [0.15, 0.2) is 0 Å². The first-order chi connectivity index (χ1) is 8.59. The summed E-state index contributed by atoms with van der Waals surface area (Å²) in [5, 5.41) is 12.2. The van der Waals surface area contributed by atoms with Crippen LogP contribution in [0.1, 0.15) is 34.6 Å². The van der Waals surface area contributed by atoms with Crippen LogP contribution in [0.25, 0.3) is 0 Å². The maximum Gasteiger partial charge on any atom is 0.318 e. The van der Waals surface area contributed by atoms with E-state index >= 15 is 0 Å². The van der Waals surface area contributed by atoms with Crippen molar-refractivity contribution < 1.29 is 14.7 Å². The number of urea groups is 1. The van der Waals surface area contributed by atoms with Gasteiger partial charge in [0.2, 0.25) is 0 Å². The van der Waals surface area contributed by atoms with Crippen LogP contribution < -0.4 is 5.32 Å². The van der Waals surface area contributed by atoms with E-state index in [1.165, 1.54) is 0 Å². The minimum atomic E-state index is -1.03. The van der Waals surface area contributed by atoms with E-state index in [2.05, 4.69) is 5.32 Å². The lowest BCUT2D eigenvalue weighted by atomic mass is 9.74. The highest BCUT2D eigenvalue weighted by Crippen LogP contribution is 2.31. The molecule has 0 saturated carbocycles. The minimum absolute atomic E-state index is 0.174. The molecule has 0 aliphatic carbocycles. The molecule has 0 spiro atoms. The summed E-state index contributed by atoms with van der Waals surface area (Å²) in [4.78, 5) is 25.4. The lowest BCUT2D eigenvalue weighted by molar-refractivity contribution is -0.150. The zero-order valence-electron chi connectivity index (χ0n) is 12.3. The van der Waals surface area contributed by atoms with Crippen molar-refractivity contribution in [3.8, 4) is 0 Å². The molecular weight excluding hydrogens is 264 g/mol. The maximum atomic E-state index is 12.3. The second-order valence-electron chi connectivity index (χ2n) is 6.10. The van der Waals surface area contributed by atoms with E-state index in [1.807, 2.05) is 18.7 Å². The van der Waals surface area contributed by atoms with E-state index in [0.717, 1.165) is 11.5 Å². The SMILES string of the molecule is CC1CSCCN1C(=O)NC(C)(C)C(C)(C)C(=O)O. The molecule has 5 nitrogen and oxygen atoms in total. The summed E-state index contributed by atoms with van der Waals surface area (Å²) in [6, 6.07) is 0.00890. The van der Waals surface area contributed by atoms with Crippen molar-refractivity contribution >= 4 is 23.8 Å². The van der Waals surface area contributed by atoms with Gasteiger partial charge in [0.05, 0.1) is 11.0 Å². The van der Waals surface area contributed by atoms with Crippen LogP contribution in [0.4, 0.5) is 4.79 Å². The summed E-state index contributed by atoms with van der Waals surface area (Å²) in [6.45, 7) is 9.49. The van der Waals surface area contributed by atoms with Crippen molar-refractivity contribution in [1.29, 1.82) is 0 Å². The fourth-order valence-electron chi connectivity index (χ4n) is 1.79. The molecule has 2 amide bonds. The highest BCUT2D eigenvalue weighted by Gasteiger charge is 2.45. The van der Waals surface area contributed by atoms with Gasteiger partial charge in [0.25, 0.3) is 0 Å². The molecule has 1 aliphatic rings. The second kappa shape index (κ2) is 5.61. The van der Waals surface area contributed by atoms with Crippen molar-refractivity contribution in [1.82, 2.24) is 10.2 Å². The third-order valence-corrected chi connectivity index (χ3v) is 5.33. The first-order valence-electron chi connectivity index (χ1n) is 6.49. The van der Waals surface area contributed by atoms with Gasteiger partial charge in [0.1, 0.15) is 0 Å². The first kappa shape index (κ1) is 16.1. The molecule has 0 aromatic carbocycles. The number of nitrogens with one attached hydrogen (secondary N) is 1. The lowest BCUT2D eigenvalue weighted by Gasteiger charge is -2.42. The fraction of sp³-hybridized carbons (Fsp3) is 0.846. The van der Waals surface area contributed by atoms with Crippen molar-refractivity contribution in [2.45, 2.75) is 46.2 Å². The zero-order valence-corrected chi connectivity index (χ0v) is 13.1. The number of hydrogen-bond acceptors (Lipinski definition) is 3. The third-order valence-electron chi connectivity index (χ3n) is 4.15. The Balaban J connectivity index is 2.77. The van der Waals surface area contributed by atoms with Crippen LogP contribution in [0.3, 0.4) is 0 Å². The van der Waals surface area contributed by atoms with Crippen LogP contribution in [-0.4, -0.2) is 51.6 Å². The number of nitrogens with zero attached hydrogens (tertiary/aromatic N) is 1. The molecule has 2 N–H and O–H groups in total. The molecule has 1 unspecified atom stereocenters. The quantitative estimate of drug-likeness (QED) is 0.833. The lowest BCUT2D eigenvalue weighted by Crippen LogP contribution is -2.61. The molecule has 0 aromatic heterocycles. The van der Waals surface area contributed by atoms with E-state index in [9.17, 15) is 14.7 Å². The molecule has 0 aromatic rings. The Bertz CT molecular complexity index is 369. The van der Waals surface area contributed by atoms with E-state index in [0.29, 0.717) is 6.54 Å². The highest BCUT2D eigenvalue weighted by molar-refractivity contribution is 7.99. The molecule has 1 atom stereocenters.